The quantitative estimate of drug-likeness (QED) is 0.663. The minimum absolute atomic E-state index is 0.689. The van der Waals surface area contributed by atoms with Crippen molar-refractivity contribution in [2.24, 2.45) is 5.92 Å². The maximum atomic E-state index is 3.78. The van der Waals surface area contributed by atoms with Gasteiger partial charge in [0, 0.05) is 32.2 Å². The van der Waals surface area contributed by atoms with Crippen molar-refractivity contribution in [1.29, 1.82) is 0 Å². The summed E-state index contributed by atoms with van der Waals surface area (Å²) in [4.78, 5) is 2.47. The van der Waals surface area contributed by atoms with Crippen LogP contribution >= 0.6 is 0 Å². The van der Waals surface area contributed by atoms with Gasteiger partial charge in [-0.25, -0.2) is 0 Å². The van der Waals surface area contributed by atoms with Crippen molar-refractivity contribution in [1.82, 2.24) is 10.2 Å². The number of rotatable bonds is 4. The van der Waals surface area contributed by atoms with Crippen LogP contribution in [0.5, 0.6) is 0 Å². The van der Waals surface area contributed by atoms with E-state index < -0.39 is 0 Å². The van der Waals surface area contributed by atoms with E-state index in [1.54, 1.807) is 0 Å². The van der Waals surface area contributed by atoms with Gasteiger partial charge in [0.2, 0.25) is 0 Å². The second kappa shape index (κ2) is 5.40. The van der Waals surface area contributed by atoms with Gasteiger partial charge in [0.15, 0.2) is 0 Å². The Morgan fingerprint density at radius 3 is 3.00 bits per heavy atom. The molecule has 0 aromatic carbocycles. The second-order valence-corrected chi connectivity index (χ2v) is 4.33. The lowest BCUT2D eigenvalue weighted by molar-refractivity contribution is 0.203. The number of piperazine rings is 1. The lowest BCUT2D eigenvalue weighted by Gasteiger charge is -2.33. The molecule has 0 radical (unpaired) electrons. The minimum atomic E-state index is 0.689. The van der Waals surface area contributed by atoms with E-state index in [4.69, 9.17) is 0 Å². The van der Waals surface area contributed by atoms with Gasteiger partial charge in [0.1, 0.15) is 0 Å². The Labute approximate surface area is 82.0 Å². The van der Waals surface area contributed by atoms with Gasteiger partial charge >= 0.3 is 0 Å². The molecule has 2 nitrogen and oxygen atoms in total. The van der Waals surface area contributed by atoms with Crippen LogP contribution in [0.25, 0.3) is 0 Å². The Hall–Kier alpha value is -0.340. The molecule has 0 bridgehead atoms. The monoisotopic (exact) mass is 182 g/mol. The summed E-state index contributed by atoms with van der Waals surface area (Å²) in [7, 11) is 0. The first-order chi connectivity index (χ1) is 6.22. The van der Waals surface area contributed by atoms with Crippen LogP contribution < -0.4 is 5.32 Å². The van der Waals surface area contributed by atoms with Crippen molar-refractivity contribution in [2.75, 3.05) is 26.2 Å². The first-order valence-corrected chi connectivity index (χ1v) is 5.29. The summed E-state index contributed by atoms with van der Waals surface area (Å²) in [6.07, 6.45) is 3.28. The van der Waals surface area contributed by atoms with Crippen LogP contribution in [0.1, 0.15) is 20.3 Å². The normalized spacial score (nSPS) is 25.0. The third kappa shape index (κ3) is 3.92. The fourth-order valence-corrected chi connectivity index (χ4v) is 1.97. The molecule has 0 spiro atoms. The van der Waals surface area contributed by atoms with Gasteiger partial charge < -0.3 is 5.32 Å². The molecule has 1 saturated heterocycles. The van der Waals surface area contributed by atoms with Crippen molar-refractivity contribution in [2.45, 2.75) is 26.3 Å². The summed E-state index contributed by atoms with van der Waals surface area (Å²) in [5.41, 5.74) is 0. The molecule has 1 N–H and O–H groups in total. The van der Waals surface area contributed by atoms with Crippen LogP contribution in [0, 0.1) is 5.92 Å². The zero-order valence-electron chi connectivity index (χ0n) is 8.92. The standard InChI is InChI=1S/C11H22N2/c1-4-6-13-7-5-12-11(9-13)8-10(2)3/h4,10-12H,1,5-9H2,2-3H3. The van der Waals surface area contributed by atoms with Crippen LogP contribution in [0.2, 0.25) is 0 Å². The van der Waals surface area contributed by atoms with Gasteiger partial charge in [-0.15, -0.1) is 6.58 Å². The third-order valence-electron chi connectivity index (χ3n) is 2.48. The topological polar surface area (TPSA) is 15.3 Å². The third-order valence-corrected chi connectivity index (χ3v) is 2.48. The van der Waals surface area contributed by atoms with Crippen molar-refractivity contribution in [3.8, 4) is 0 Å². The second-order valence-electron chi connectivity index (χ2n) is 4.33. The molecule has 76 valence electrons. The first-order valence-electron chi connectivity index (χ1n) is 5.29. The number of nitrogens with one attached hydrogen (secondary N) is 1. The summed E-state index contributed by atoms with van der Waals surface area (Å²) < 4.78 is 0. The highest BCUT2D eigenvalue weighted by atomic mass is 15.2. The Morgan fingerprint density at radius 1 is 1.62 bits per heavy atom. The predicted molar refractivity (Wildman–Crippen MR) is 57.9 cm³/mol. The number of nitrogens with zero attached hydrogens (tertiary/aromatic N) is 1. The average Bonchev–Trinajstić information content (AvgIpc) is 2.04. The zero-order valence-corrected chi connectivity index (χ0v) is 8.92. The van der Waals surface area contributed by atoms with Crippen molar-refractivity contribution in [3.05, 3.63) is 12.7 Å². The van der Waals surface area contributed by atoms with E-state index >= 15 is 0 Å². The molecule has 0 aromatic rings. The van der Waals surface area contributed by atoms with Gasteiger partial charge in [-0.05, 0) is 12.3 Å². The molecule has 1 aliphatic rings. The van der Waals surface area contributed by atoms with E-state index in [9.17, 15) is 0 Å². The summed E-state index contributed by atoms with van der Waals surface area (Å²) in [5, 5.41) is 3.56. The van der Waals surface area contributed by atoms with Crippen LogP contribution in [0.15, 0.2) is 12.7 Å². The fraction of sp³-hybridized carbons (Fsp3) is 0.818. The lowest BCUT2D eigenvalue weighted by atomic mass is 10.0. The van der Waals surface area contributed by atoms with Gasteiger partial charge in [-0.2, -0.15) is 0 Å². The zero-order chi connectivity index (χ0) is 9.68. The van der Waals surface area contributed by atoms with Crippen LogP contribution in [-0.2, 0) is 0 Å². The van der Waals surface area contributed by atoms with Gasteiger partial charge in [-0.1, -0.05) is 19.9 Å². The summed E-state index contributed by atoms with van der Waals surface area (Å²) in [6.45, 7) is 12.9. The molecule has 0 amide bonds. The molecule has 2 heteroatoms. The van der Waals surface area contributed by atoms with Crippen LogP contribution in [0.4, 0.5) is 0 Å². The van der Waals surface area contributed by atoms with E-state index in [0.29, 0.717) is 6.04 Å². The number of hydrogen-bond acceptors (Lipinski definition) is 2. The Morgan fingerprint density at radius 2 is 2.38 bits per heavy atom. The molecule has 1 aliphatic heterocycles. The van der Waals surface area contributed by atoms with E-state index in [1.165, 1.54) is 19.5 Å². The fourth-order valence-electron chi connectivity index (χ4n) is 1.97. The lowest BCUT2D eigenvalue weighted by Crippen LogP contribution is -2.50. The van der Waals surface area contributed by atoms with Crippen LogP contribution in [0.3, 0.4) is 0 Å². The van der Waals surface area contributed by atoms with E-state index in [-0.39, 0.29) is 0 Å². The Balaban J connectivity index is 2.28. The summed E-state index contributed by atoms with van der Waals surface area (Å²) in [5.74, 6) is 0.793. The Kier molecular flexibility index (Phi) is 4.46. The first kappa shape index (κ1) is 10.7. The highest BCUT2D eigenvalue weighted by molar-refractivity contribution is 4.83. The van der Waals surface area contributed by atoms with Gasteiger partial charge in [0.25, 0.3) is 0 Å². The molecule has 13 heavy (non-hydrogen) atoms. The SMILES string of the molecule is C=CCN1CCNC(CC(C)C)C1. The maximum absolute atomic E-state index is 3.78. The highest BCUT2D eigenvalue weighted by Gasteiger charge is 2.18. The summed E-state index contributed by atoms with van der Waals surface area (Å²) >= 11 is 0. The highest BCUT2D eigenvalue weighted by Crippen LogP contribution is 2.09. The molecular formula is C11H22N2. The molecule has 0 aliphatic carbocycles. The maximum Gasteiger partial charge on any atom is 0.0198 e. The van der Waals surface area contributed by atoms with Crippen molar-refractivity contribution >= 4 is 0 Å². The largest absolute Gasteiger partial charge is 0.311 e. The van der Waals surface area contributed by atoms with Gasteiger partial charge in [-0.3, -0.25) is 4.90 Å². The predicted octanol–water partition coefficient (Wildman–Crippen LogP) is 1.49. The van der Waals surface area contributed by atoms with E-state index in [2.05, 4.69) is 30.6 Å². The summed E-state index contributed by atoms with van der Waals surface area (Å²) in [6, 6.07) is 0.689. The van der Waals surface area contributed by atoms with Crippen LogP contribution in [-0.4, -0.2) is 37.1 Å². The number of hydrogen-bond donors (Lipinski definition) is 1. The molecule has 1 unspecified atom stereocenters. The average molecular weight is 182 g/mol. The molecule has 0 aromatic heterocycles. The molecule has 0 saturated carbocycles. The molecule has 1 heterocycles. The van der Waals surface area contributed by atoms with Gasteiger partial charge in [0.05, 0.1) is 0 Å². The molecule has 1 fully saturated rings. The molecular weight excluding hydrogens is 160 g/mol. The van der Waals surface area contributed by atoms with E-state index in [1.807, 2.05) is 6.08 Å². The molecule has 1 atom stereocenters. The molecule has 1 rings (SSSR count). The Bertz CT molecular complexity index is 154. The van der Waals surface area contributed by atoms with E-state index in [0.717, 1.165) is 19.0 Å². The minimum Gasteiger partial charge on any atom is -0.311 e. The van der Waals surface area contributed by atoms with Crippen molar-refractivity contribution < 1.29 is 0 Å². The smallest absolute Gasteiger partial charge is 0.0198 e. The van der Waals surface area contributed by atoms with Crippen molar-refractivity contribution in [3.63, 3.8) is 0 Å².